The smallest absolute Gasteiger partial charge is 0.244 e. The summed E-state index contributed by atoms with van der Waals surface area (Å²) in [6, 6.07) is 21.0. The van der Waals surface area contributed by atoms with E-state index in [0.29, 0.717) is 24.7 Å². The Hall–Kier alpha value is -4.05. The first-order valence-electron chi connectivity index (χ1n) is 13.9. The minimum Gasteiger partial charge on any atom is -0.486 e. The maximum absolute atomic E-state index is 14.2. The van der Waals surface area contributed by atoms with Crippen LogP contribution in [0.4, 0.5) is 5.69 Å². The van der Waals surface area contributed by atoms with E-state index in [9.17, 15) is 18.0 Å². The van der Waals surface area contributed by atoms with Gasteiger partial charge in [0.05, 0.1) is 11.9 Å². The Balaban J connectivity index is 1.74. The van der Waals surface area contributed by atoms with Gasteiger partial charge in [-0.2, -0.15) is 0 Å². The third kappa shape index (κ3) is 8.25. The highest BCUT2D eigenvalue weighted by Crippen LogP contribution is 2.35. The molecule has 0 radical (unpaired) electrons. The molecule has 1 heterocycles. The van der Waals surface area contributed by atoms with Crippen molar-refractivity contribution in [3.63, 3.8) is 0 Å². The summed E-state index contributed by atoms with van der Waals surface area (Å²) in [5.74, 6) is 0.0787. The van der Waals surface area contributed by atoms with Crippen molar-refractivity contribution in [2.45, 2.75) is 52.2 Å². The fourth-order valence-electron chi connectivity index (χ4n) is 4.81. The van der Waals surface area contributed by atoms with Crippen molar-refractivity contribution in [1.82, 2.24) is 10.2 Å². The molecule has 9 nitrogen and oxygen atoms in total. The molecule has 1 N–H and O–H groups in total. The Kier molecular flexibility index (Phi) is 9.46. The van der Waals surface area contributed by atoms with Gasteiger partial charge < -0.3 is 19.7 Å². The molecule has 224 valence electrons. The normalized spacial score (nSPS) is 13.6. The van der Waals surface area contributed by atoms with Gasteiger partial charge in [-0.1, -0.05) is 60.2 Å². The van der Waals surface area contributed by atoms with Crippen LogP contribution in [0.2, 0.25) is 0 Å². The molecule has 1 aliphatic rings. The van der Waals surface area contributed by atoms with Gasteiger partial charge in [-0.05, 0) is 51.0 Å². The second-order valence-corrected chi connectivity index (χ2v) is 13.5. The first-order valence-corrected chi connectivity index (χ1v) is 15.7. The van der Waals surface area contributed by atoms with Crippen LogP contribution in [0.15, 0.2) is 72.8 Å². The van der Waals surface area contributed by atoms with Crippen LogP contribution in [0.5, 0.6) is 11.5 Å². The molecule has 10 heteroatoms. The number of nitrogens with one attached hydrogen (secondary N) is 1. The number of hydrogen-bond donors (Lipinski definition) is 1. The largest absolute Gasteiger partial charge is 0.486 e. The molecule has 42 heavy (non-hydrogen) atoms. The summed E-state index contributed by atoms with van der Waals surface area (Å²) >= 11 is 0. The average Bonchev–Trinajstić information content (AvgIpc) is 2.92. The van der Waals surface area contributed by atoms with Gasteiger partial charge in [-0.25, -0.2) is 8.42 Å². The van der Waals surface area contributed by atoms with Gasteiger partial charge in [0.25, 0.3) is 0 Å². The molecule has 3 aromatic rings. The zero-order valence-electron chi connectivity index (χ0n) is 24.8. The molecule has 0 bridgehead atoms. The van der Waals surface area contributed by atoms with E-state index >= 15 is 0 Å². The van der Waals surface area contributed by atoms with Crippen molar-refractivity contribution in [1.29, 1.82) is 0 Å². The van der Waals surface area contributed by atoms with E-state index in [4.69, 9.17) is 9.47 Å². The van der Waals surface area contributed by atoms with Crippen LogP contribution < -0.4 is 19.1 Å². The number of amides is 2. The molecule has 0 aliphatic carbocycles. The Labute approximate surface area is 248 Å². The third-order valence-electron chi connectivity index (χ3n) is 6.70. The summed E-state index contributed by atoms with van der Waals surface area (Å²) < 4.78 is 38.4. The third-order valence-corrected chi connectivity index (χ3v) is 7.84. The van der Waals surface area contributed by atoms with Crippen molar-refractivity contribution in [3.05, 3.63) is 89.5 Å². The van der Waals surface area contributed by atoms with Gasteiger partial charge >= 0.3 is 0 Å². The van der Waals surface area contributed by atoms with Gasteiger partial charge in [0, 0.05) is 24.6 Å². The van der Waals surface area contributed by atoms with Gasteiger partial charge in [0.1, 0.15) is 25.8 Å². The number of sulfonamides is 1. The van der Waals surface area contributed by atoms with Crippen LogP contribution in [0.1, 0.15) is 37.5 Å². The molecule has 1 atom stereocenters. The summed E-state index contributed by atoms with van der Waals surface area (Å²) in [7, 11) is -3.90. The monoisotopic (exact) mass is 593 g/mol. The van der Waals surface area contributed by atoms with E-state index in [2.05, 4.69) is 5.32 Å². The van der Waals surface area contributed by atoms with E-state index in [1.165, 1.54) is 4.90 Å². The number of nitrogens with zero attached hydrogens (tertiary/aromatic N) is 2. The summed E-state index contributed by atoms with van der Waals surface area (Å²) in [5, 5.41) is 3.03. The van der Waals surface area contributed by atoms with E-state index in [0.717, 1.165) is 27.3 Å². The molecule has 0 spiro atoms. The van der Waals surface area contributed by atoms with E-state index in [-0.39, 0.29) is 24.6 Å². The van der Waals surface area contributed by atoms with Crippen LogP contribution in [-0.2, 0) is 32.6 Å². The topological polar surface area (TPSA) is 105 Å². The number of carbonyl (C=O) groups excluding carboxylic acids is 2. The molecule has 1 aliphatic heterocycles. The number of carbonyl (C=O) groups is 2. The number of aryl methyl sites for hydroxylation is 1. The lowest BCUT2D eigenvalue weighted by molar-refractivity contribution is -0.140. The van der Waals surface area contributed by atoms with Crippen LogP contribution >= 0.6 is 0 Å². The molecular formula is C32H39N3O6S. The van der Waals surface area contributed by atoms with Crippen molar-refractivity contribution in [2.75, 3.05) is 30.3 Å². The number of fused-ring (bicyclic) bond motifs is 1. The predicted molar refractivity (Wildman–Crippen MR) is 163 cm³/mol. The number of anilines is 1. The van der Waals surface area contributed by atoms with Gasteiger partial charge in [-0.3, -0.25) is 13.9 Å². The summed E-state index contributed by atoms with van der Waals surface area (Å²) in [6.07, 6.45) is 1.30. The Morgan fingerprint density at radius 3 is 2.21 bits per heavy atom. The van der Waals surface area contributed by atoms with Crippen molar-refractivity contribution in [3.8, 4) is 11.5 Å². The lowest BCUT2D eigenvalue weighted by Gasteiger charge is -2.35. The minimum atomic E-state index is -3.90. The number of hydrogen-bond acceptors (Lipinski definition) is 6. The molecule has 0 saturated heterocycles. The van der Waals surface area contributed by atoms with Gasteiger partial charge in [-0.15, -0.1) is 0 Å². The van der Waals surface area contributed by atoms with E-state index < -0.39 is 34.1 Å². The highest BCUT2D eigenvalue weighted by molar-refractivity contribution is 7.92. The maximum Gasteiger partial charge on any atom is 0.244 e. The second-order valence-electron chi connectivity index (χ2n) is 11.6. The number of rotatable bonds is 10. The summed E-state index contributed by atoms with van der Waals surface area (Å²) in [4.78, 5) is 29.5. The molecule has 0 fully saturated rings. The molecular weight excluding hydrogens is 554 g/mol. The van der Waals surface area contributed by atoms with Crippen molar-refractivity contribution >= 4 is 27.5 Å². The predicted octanol–water partition coefficient (Wildman–Crippen LogP) is 4.09. The molecule has 0 aromatic heterocycles. The van der Waals surface area contributed by atoms with Crippen molar-refractivity contribution < 1.29 is 27.5 Å². The Morgan fingerprint density at radius 2 is 1.57 bits per heavy atom. The number of benzene rings is 3. The first kappa shape index (κ1) is 30.9. The molecule has 2 amide bonds. The highest BCUT2D eigenvalue weighted by atomic mass is 32.2. The molecule has 1 unspecified atom stereocenters. The van der Waals surface area contributed by atoms with E-state index in [1.807, 2.05) is 82.3 Å². The van der Waals surface area contributed by atoms with Crippen LogP contribution in [0.25, 0.3) is 0 Å². The van der Waals surface area contributed by atoms with E-state index in [1.54, 1.807) is 18.2 Å². The van der Waals surface area contributed by atoms with Gasteiger partial charge in [0.2, 0.25) is 21.8 Å². The van der Waals surface area contributed by atoms with Crippen molar-refractivity contribution in [2.24, 2.45) is 0 Å². The minimum absolute atomic E-state index is 0.119. The molecule has 0 saturated carbocycles. The standard InChI is InChI=1S/C32H39N3O6S/c1-23-10-9-13-25(18-23)21-34(27(31(37)33-32(2,3)4)19-24-11-7-6-8-12-24)30(36)22-35(42(5,38)39)26-14-15-28-29(20-26)41-17-16-40-28/h6-15,18,20,27H,16-17,19,21-22H2,1-5H3,(H,33,37). The van der Waals surface area contributed by atoms with Crippen LogP contribution in [0, 0.1) is 6.92 Å². The van der Waals surface area contributed by atoms with Crippen LogP contribution in [-0.4, -0.2) is 62.7 Å². The molecule has 3 aromatic carbocycles. The fraction of sp³-hybridized carbons (Fsp3) is 0.375. The SMILES string of the molecule is Cc1cccc(CN(C(=O)CN(c2ccc3c(c2)OCCO3)S(C)(=O)=O)C(Cc2ccccc2)C(=O)NC(C)(C)C)c1. The van der Waals surface area contributed by atoms with Gasteiger partial charge in [0.15, 0.2) is 11.5 Å². The lowest BCUT2D eigenvalue weighted by atomic mass is 10.0. The quantitative estimate of drug-likeness (QED) is 0.380. The Bertz CT molecular complexity index is 1520. The first-order chi connectivity index (χ1) is 19.8. The highest BCUT2D eigenvalue weighted by Gasteiger charge is 2.34. The summed E-state index contributed by atoms with van der Waals surface area (Å²) in [5.41, 5.74) is 2.43. The zero-order chi connectivity index (χ0) is 30.5. The fourth-order valence-corrected chi connectivity index (χ4v) is 5.66. The zero-order valence-corrected chi connectivity index (χ0v) is 25.6. The Morgan fingerprint density at radius 1 is 0.905 bits per heavy atom. The second kappa shape index (κ2) is 12.9. The molecule has 4 rings (SSSR count). The van der Waals surface area contributed by atoms with Crippen LogP contribution in [0.3, 0.4) is 0 Å². The maximum atomic E-state index is 14.2. The summed E-state index contributed by atoms with van der Waals surface area (Å²) in [6.45, 7) is 7.94. The number of ether oxygens (including phenoxy) is 2. The average molecular weight is 594 g/mol. The lowest BCUT2D eigenvalue weighted by Crippen LogP contribution is -2.56.